The van der Waals surface area contributed by atoms with Crippen molar-refractivity contribution in [2.75, 3.05) is 18.5 Å². The van der Waals surface area contributed by atoms with Gasteiger partial charge in [0.2, 0.25) is 0 Å². The minimum Gasteiger partial charge on any atom is -0.489 e. The summed E-state index contributed by atoms with van der Waals surface area (Å²) in [5.74, 6) is -0.311. The Morgan fingerprint density at radius 3 is 2.88 bits per heavy atom. The molecule has 24 heavy (non-hydrogen) atoms. The molecule has 0 amide bonds. The standard InChI is InChI=1S/C18H18ClF2NO2/c19-15-4-1-5-16(21)14(15)10-22-17-9-12(20)6-7-18(17)24-11-13-3-2-8-23-13/h1,4-7,9,13,22H,2-3,8,10-11H2. The third kappa shape index (κ3) is 4.16. The van der Waals surface area contributed by atoms with E-state index in [-0.39, 0.29) is 12.6 Å². The molecule has 2 aromatic carbocycles. The van der Waals surface area contributed by atoms with Crippen molar-refractivity contribution in [3.8, 4) is 5.75 Å². The van der Waals surface area contributed by atoms with Gasteiger partial charge in [-0.2, -0.15) is 0 Å². The largest absolute Gasteiger partial charge is 0.489 e. The van der Waals surface area contributed by atoms with Crippen LogP contribution in [0.4, 0.5) is 14.5 Å². The van der Waals surface area contributed by atoms with Crippen molar-refractivity contribution in [3.05, 3.63) is 58.6 Å². The summed E-state index contributed by atoms with van der Waals surface area (Å²) < 4.78 is 38.6. The maximum atomic E-state index is 13.8. The topological polar surface area (TPSA) is 30.5 Å². The molecule has 2 aromatic rings. The van der Waals surface area contributed by atoms with Crippen LogP contribution in [0.15, 0.2) is 36.4 Å². The summed E-state index contributed by atoms with van der Waals surface area (Å²) in [6, 6.07) is 8.69. The van der Waals surface area contributed by atoms with Crippen LogP contribution in [0.2, 0.25) is 5.02 Å². The molecule has 1 aliphatic heterocycles. The molecular formula is C18H18ClF2NO2. The SMILES string of the molecule is Fc1ccc(OCC2CCCO2)c(NCc2c(F)cccc2Cl)c1. The van der Waals surface area contributed by atoms with Gasteiger partial charge in [0, 0.05) is 29.8 Å². The van der Waals surface area contributed by atoms with Crippen LogP contribution in [0.5, 0.6) is 5.75 Å². The van der Waals surface area contributed by atoms with Crippen LogP contribution in [-0.4, -0.2) is 19.3 Å². The molecule has 1 heterocycles. The van der Waals surface area contributed by atoms with Gasteiger partial charge in [0.15, 0.2) is 0 Å². The fourth-order valence-corrected chi connectivity index (χ4v) is 2.84. The van der Waals surface area contributed by atoms with E-state index in [1.54, 1.807) is 18.2 Å². The van der Waals surface area contributed by atoms with Gasteiger partial charge in [0.25, 0.3) is 0 Å². The molecule has 0 spiro atoms. The third-order valence-electron chi connectivity index (χ3n) is 3.91. The molecule has 0 saturated carbocycles. The third-order valence-corrected chi connectivity index (χ3v) is 4.26. The Kier molecular flexibility index (Phi) is 5.53. The van der Waals surface area contributed by atoms with E-state index in [4.69, 9.17) is 21.1 Å². The molecule has 1 atom stereocenters. The van der Waals surface area contributed by atoms with Gasteiger partial charge in [-0.25, -0.2) is 8.78 Å². The Morgan fingerprint density at radius 2 is 2.12 bits per heavy atom. The van der Waals surface area contributed by atoms with E-state index in [1.165, 1.54) is 18.2 Å². The van der Waals surface area contributed by atoms with E-state index in [0.717, 1.165) is 19.4 Å². The number of nitrogens with one attached hydrogen (secondary N) is 1. The van der Waals surface area contributed by atoms with Crippen molar-refractivity contribution < 1.29 is 18.3 Å². The molecule has 128 valence electrons. The van der Waals surface area contributed by atoms with Gasteiger partial charge in [0.1, 0.15) is 24.0 Å². The van der Waals surface area contributed by atoms with Gasteiger partial charge in [-0.15, -0.1) is 0 Å². The normalized spacial score (nSPS) is 17.0. The fraction of sp³-hybridized carbons (Fsp3) is 0.333. The summed E-state index contributed by atoms with van der Waals surface area (Å²) >= 11 is 6.01. The van der Waals surface area contributed by atoms with Crippen LogP contribution < -0.4 is 10.1 Å². The van der Waals surface area contributed by atoms with Crippen molar-refractivity contribution in [2.45, 2.75) is 25.5 Å². The first-order valence-electron chi connectivity index (χ1n) is 7.84. The average Bonchev–Trinajstić information content (AvgIpc) is 3.07. The number of hydrogen-bond acceptors (Lipinski definition) is 3. The summed E-state index contributed by atoms with van der Waals surface area (Å²) in [6.07, 6.45) is 2.03. The molecule has 0 aliphatic carbocycles. The smallest absolute Gasteiger partial charge is 0.142 e. The summed E-state index contributed by atoms with van der Waals surface area (Å²) in [5, 5.41) is 3.32. The number of hydrogen-bond donors (Lipinski definition) is 1. The molecule has 1 N–H and O–H groups in total. The number of benzene rings is 2. The Labute approximate surface area is 144 Å². The van der Waals surface area contributed by atoms with Gasteiger partial charge >= 0.3 is 0 Å². The first kappa shape index (κ1) is 17.0. The lowest BCUT2D eigenvalue weighted by Gasteiger charge is -2.16. The molecule has 0 bridgehead atoms. The van der Waals surface area contributed by atoms with Crippen LogP contribution >= 0.6 is 11.6 Å². The second-order valence-electron chi connectivity index (χ2n) is 5.64. The minimum atomic E-state index is -0.409. The van der Waals surface area contributed by atoms with Crippen LogP contribution in [0.25, 0.3) is 0 Å². The highest BCUT2D eigenvalue weighted by atomic mass is 35.5. The average molecular weight is 354 g/mol. The lowest BCUT2D eigenvalue weighted by atomic mass is 10.2. The molecule has 0 radical (unpaired) electrons. The fourth-order valence-electron chi connectivity index (χ4n) is 2.61. The Balaban J connectivity index is 1.70. The number of anilines is 1. The van der Waals surface area contributed by atoms with E-state index < -0.39 is 11.6 Å². The Hall–Kier alpha value is -1.85. The Morgan fingerprint density at radius 1 is 1.25 bits per heavy atom. The quantitative estimate of drug-likeness (QED) is 0.810. The van der Waals surface area contributed by atoms with Gasteiger partial charge in [0.05, 0.1) is 11.8 Å². The first-order valence-corrected chi connectivity index (χ1v) is 8.22. The van der Waals surface area contributed by atoms with Gasteiger partial charge in [-0.3, -0.25) is 0 Å². The van der Waals surface area contributed by atoms with E-state index in [9.17, 15) is 8.78 Å². The van der Waals surface area contributed by atoms with Crippen LogP contribution in [0, 0.1) is 11.6 Å². The lowest BCUT2D eigenvalue weighted by Crippen LogP contribution is -2.17. The van der Waals surface area contributed by atoms with Crippen LogP contribution in [0.3, 0.4) is 0 Å². The summed E-state index contributed by atoms with van der Waals surface area (Å²) in [7, 11) is 0. The lowest BCUT2D eigenvalue weighted by molar-refractivity contribution is 0.0682. The molecule has 3 nitrogen and oxygen atoms in total. The van der Waals surface area contributed by atoms with Crippen molar-refractivity contribution in [1.82, 2.24) is 0 Å². The zero-order chi connectivity index (χ0) is 16.9. The van der Waals surface area contributed by atoms with Crippen molar-refractivity contribution in [3.63, 3.8) is 0 Å². The van der Waals surface area contributed by atoms with Crippen molar-refractivity contribution in [1.29, 1.82) is 0 Å². The van der Waals surface area contributed by atoms with E-state index in [2.05, 4.69) is 5.32 Å². The highest BCUT2D eigenvalue weighted by molar-refractivity contribution is 6.31. The number of ether oxygens (including phenoxy) is 2. The molecule has 1 unspecified atom stereocenters. The first-order chi connectivity index (χ1) is 11.6. The van der Waals surface area contributed by atoms with Gasteiger partial charge in [-0.1, -0.05) is 17.7 Å². The van der Waals surface area contributed by atoms with Crippen LogP contribution in [0.1, 0.15) is 18.4 Å². The summed E-state index contributed by atoms with van der Waals surface area (Å²) in [6.45, 7) is 1.28. The highest BCUT2D eigenvalue weighted by Crippen LogP contribution is 2.28. The molecular weight excluding hydrogens is 336 g/mol. The summed E-state index contributed by atoms with van der Waals surface area (Å²) in [4.78, 5) is 0. The molecule has 1 saturated heterocycles. The minimum absolute atomic E-state index is 0.0592. The molecule has 6 heteroatoms. The summed E-state index contributed by atoms with van der Waals surface area (Å²) in [5.41, 5.74) is 0.779. The predicted molar refractivity (Wildman–Crippen MR) is 89.6 cm³/mol. The number of halogens is 3. The Bertz CT molecular complexity index is 685. The second-order valence-corrected chi connectivity index (χ2v) is 6.05. The molecule has 1 fully saturated rings. The van der Waals surface area contributed by atoms with Crippen molar-refractivity contribution >= 4 is 17.3 Å². The highest BCUT2D eigenvalue weighted by Gasteiger charge is 2.17. The van der Waals surface area contributed by atoms with Gasteiger partial charge in [-0.05, 0) is 37.1 Å². The monoisotopic (exact) mass is 353 g/mol. The van der Waals surface area contributed by atoms with E-state index in [1.807, 2.05) is 0 Å². The maximum Gasteiger partial charge on any atom is 0.142 e. The van der Waals surface area contributed by atoms with E-state index >= 15 is 0 Å². The molecule has 3 rings (SSSR count). The zero-order valence-corrected chi connectivity index (χ0v) is 13.8. The molecule has 1 aliphatic rings. The zero-order valence-electron chi connectivity index (χ0n) is 13.0. The van der Waals surface area contributed by atoms with Gasteiger partial charge < -0.3 is 14.8 Å². The maximum absolute atomic E-state index is 13.8. The van der Waals surface area contributed by atoms with E-state index in [0.29, 0.717) is 28.6 Å². The predicted octanol–water partition coefficient (Wildman–Crippen LogP) is 4.79. The van der Waals surface area contributed by atoms with Crippen LogP contribution in [-0.2, 0) is 11.3 Å². The second kappa shape index (κ2) is 7.81. The van der Waals surface area contributed by atoms with Crippen molar-refractivity contribution in [2.24, 2.45) is 0 Å². The number of rotatable bonds is 6. The molecule has 0 aromatic heterocycles.